The Labute approximate surface area is 98.9 Å². The van der Waals surface area contributed by atoms with Gasteiger partial charge in [-0.2, -0.15) is 0 Å². The summed E-state index contributed by atoms with van der Waals surface area (Å²) in [6.07, 6.45) is 4.79. The zero-order valence-electron chi connectivity index (χ0n) is 10.8. The molecule has 4 nitrogen and oxygen atoms in total. The van der Waals surface area contributed by atoms with Crippen molar-refractivity contribution >= 4 is 5.96 Å². The van der Waals surface area contributed by atoms with Gasteiger partial charge in [-0.25, -0.2) is 0 Å². The van der Waals surface area contributed by atoms with Crippen molar-refractivity contribution in [2.24, 2.45) is 10.9 Å². The first-order chi connectivity index (χ1) is 7.77. The summed E-state index contributed by atoms with van der Waals surface area (Å²) in [5, 5.41) is 6.74. The molecule has 0 amide bonds. The molecule has 0 aliphatic heterocycles. The second kappa shape index (κ2) is 7.49. The van der Waals surface area contributed by atoms with E-state index in [1.165, 1.54) is 19.3 Å². The van der Waals surface area contributed by atoms with E-state index in [1.807, 2.05) is 7.05 Å². The van der Waals surface area contributed by atoms with E-state index < -0.39 is 0 Å². The predicted octanol–water partition coefficient (Wildman–Crippen LogP) is 1.38. The number of nitrogens with one attached hydrogen (secondary N) is 2. The molecule has 1 aliphatic carbocycles. The minimum Gasteiger partial charge on any atom is -0.385 e. The highest BCUT2D eigenvalue weighted by Crippen LogP contribution is 2.28. The van der Waals surface area contributed by atoms with Crippen LogP contribution in [0.2, 0.25) is 0 Å². The van der Waals surface area contributed by atoms with Gasteiger partial charge in [-0.15, -0.1) is 0 Å². The number of methoxy groups -OCH3 is 1. The Morgan fingerprint density at radius 3 is 2.69 bits per heavy atom. The zero-order valence-corrected chi connectivity index (χ0v) is 10.8. The molecule has 0 aromatic carbocycles. The van der Waals surface area contributed by atoms with Gasteiger partial charge in [-0.3, -0.25) is 4.99 Å². The van der Waals surface area contributed by atoms with Crippen molar-refractivity contribution in [1.29, 1.82) is 0 Å². The molecular formula is C12H25N3O. The quantitative estimate of drug-likeness (QED) is 0.392. The van der Waals surface area contributed by atoms with Gasteiger partial charge < -0.3 is 15.4 Å². The van der Waals surface area contributed by atoms with E-state index in [2.05, 4.69) is 22.5 Å². The number of unbranched alkanes of at least 4 members (excludes halogenated alkanes) is 2. The Morgan fingerprint density at radius 1 is 1.38 bits per heavy atom. The van der Waals surface area contributed by atoms with Gasteiger partial charge in [0, 0.05) is 33.4 Å². The van der Waals surface area contributed by atoms with Crippen LogP contribution in [0.25, 0.3) is 0 Å². The first-order valence-electron chi connectivity index (χ1n) is 6.24. The predicted molar refractivity (Wildman–Crippen MR) is 67.8 cm³/mol. The van der Waals surface area contributed by atoms with Crippen LogP contribution in [0, 0.1) is 5.92 Å². The lowest BCUT2D eigenvalue weighted by atomic mass is 10.2. The van der Waals surface area contributed by atoms with E-state index in [0.717, 1.165) is 31.4 Å². The summed E-state index contributed by atoms with van der Waals surface area (Å²) in [4.78, 5) is 4.21. The van der Waals surface area contributed by atoms with Crippen molar-refractivity contribution in [3.8, 4) is 0 Å². The highest BCUT2D eigenvalue weighted by atomic mass is 16.5. The van der Waals surface area contributed by atoms with Crippen molar-refractivity contribution in [2.75, 3.05) is 27.3 Å². The Balaban J connectivity index is 1.97. The zero-order chi connectivity index (χ0) is 11.8. The fourth-order valence-electron chi connectivity index (χ4n) is 1.65. The van der Waals surface area contributed by atoms with Crippen LogP contribution in [0.3, 0.4) is 0 Å². The Bertz CT molecular complexity index is 218. The largest absolute Gasteiger partial charge is 0.385 e. The lowest BCUT2D eigenvalue weighted by Crippen LogP contribution is -2.39. The number of rotatable bonds is 7. The van der Waals surface area contributed by atoms with Gasteiger partial charge in [0.15, 0.2) is 5.96 Å². The molecule has 0 spiro atoms. The lowest BCUT2D eigenvalue weighted by Gasteiger charge is -2.11. The third-order valence-electron chi connectivity index (χ3n) is 2.97. The molecule has 94 valence electrons. The maximum absolute atomic E-state index is 5.01. The molecule has 0 bridgehead atoms. The number of aliphatic imine (C=N–C) groups is 1. The monoisotopic (exact) mass is 227 g/mol. The van der Waals surface area contributed by atoms with Crippen LogP contribution in [0.15, 0.2) is 4.99 Å². The first-order valence-corrected chi connectivity index (χ1v) is 6.24. The summed E-state index contributed by atoms with van der Waals surface area (Å²) >= 11 is 0. The molecule has 1 aliphatic rings. The SMILES string of the molecule is CN=C(NCCCCCOC)NC1CC1C. The van der Waals surface area contributed by atoms with Gasteiger partial charge in [-0.05, 0) is 31.6 Å². The van der Waals surface area contributed by atoms with E-state index in [9.17, 15) is 0 Å². The van der Waals surface area contributed by atoms with E-state index in [-0.39, 0.29) is 0 Å². The minimum atomic E-state index is 0.639. The molecule has 16 heavy (non-hydrogen) atoms. The van der Waals surface area contributed by atoms with Crippen molar-refractivity contribution in [3.05, 3.63) is 0 Å². The van der Waals surface area contributed by atoms with Gasteiger partial charge in [0.05, 0.1) is 0 Å². The van der Waals surface area contributed by atoms with E-state index in [4.69, 9.17) is 4.74 Å². The molecule has 0 aromatic rings. The van der Waals surface area contributed by atoms with E-state index >= 15 is 0 Å². The summed E-state index contributed by atoms with van der Waals surface area (Å²) in [6.45, 7) is 4.12. The summed E-state index contributed by atoms with van der Waals surface area (Å²) in [5.74, 6) is 1.75. The van der Waals surface area contributed by atoms with Gasteiger partial charge in [0.1, 0.15) is 0 Å². The third kappa shape index (κ3) is 5.35. The topological polar surface area (TPSA) is 45.7 Å². The van der Waals surface area contributed by atoms with Gasteiger partial charge in [0.25, 0.3) is 0 Å². The number of guanidine groups is 1. The molecule has 2 N–H and O–H groups in total. The Morgan fingerprint density at radius 2 is 2.12 bits per heavy atom. The maximum Gasteiger partial charge on any atom is 0.191 e. The van der Waals surface area contributed by atoms with Crippen LogP contribution < -0.4 is 10.6 Å². The van der Waals surface area contributed by atoms with Gasteiger partial charge in [0.2, 0.25) is 0 Å². The number of hydrogen-bond acceptors (Lipinski definition) is 2. The van der Waals surface area contributed by atoms with Gasteiger partial charge in [-0.1, -0.05) is 6.92 Å². The summed E-state index contributed by atoms with van der Waals surface area (Å²) in [7, 11) is 3.58. The molecule has 4 heteroatoms. The molecule has 0 saturated heterocycles. The fourth-order valence-corrected chi connectivity index (χ4v) is 1.65. The van der Waals surface area contributed by atoms with Crippen molar-refractivity contribution < 1.29 is 4.74 Å². The van der Waals surface area contributed by atoms with Crippen LogP contribution in [0.4, 0.5) is 0 Å². The minimum absolute atomic E-state index is 0.639. The average Bonchev–Trinajstić information content (AvgIpc) is 2.97. The Hall–Kier alpha value is -0.770. The second-order valence-electron chi connectivity index (χ2n) is 4.52. The third-order valence-corrected chi connectivity index (χ3v) is 2.97. The molecule has 1 rings (SSSR count). The molecule has 0 aromatic heterocycles. The maximum atomic E-state index is 5.01. The van der Waals surface area contributed by atoms with Crippen LogP contribution in [-0.2, 0) is 4.74 Å². The van der Waals surface area contributed by atoms with E-state index in [0.29, 0.717) is 6.04 Å². The summed E-state index contributed by atoms with van der Waals surface area (Å²) in [6, 6.07) is 0.639. The average molecular weight is 227 g/mol. The highest BCUT2D eigenvalue weighted by Gasteiger charge is 2.32. The molecular weight excluding hydrogens is 202 g/mol. The molecule has 0 radical (unpaired) electrons. The highest BCUT2D eigenvalue weighted by molar-refractivity contribution is 5.80. The fraction of sp³-hybridized carbons (Fsp3) is 0.917. The van der Waals surface area contributed by atoms with Crippen LogP contribution in [0.1, 0.15) is 32.6 Å². The number of nitrogens with zero attached hydrogens (tertiary/aromatic N) is 1. The summed E-state index contributed by atoms with van der Waals surface area (Å²) < 4.78 is 5.01. The lowest BCUT2D eigenvalue weighted by molar-refractivity contribution is 0.192. The van der Waals surface area contributed by atoms with E-state index in [1.54, 1.807) is 7.11 Å². The van der Waals surface area contributed by atoms with Crippen molar-refractivity contribution in [2.45, 2.75) is 38.6 Å². The Kier molecular flexibility index (Phi) is 6.23. The van der Waals surface area contributed by atoms with Gasteiger partial charge >= 0.3 is 0 Å². The number of ether oxygens (including phenoxy) is 1. The summed E-state index contributed by atoms with van der Waals surface area (Å²) in [5.41, 5.74) is 0. The standard InChI is InChI=1S/C12H25N3O/c1-10-9-11(10)15-12(13-2)14-7-5-4-6-8-16-3/h10-11H,4-9H2,1-3H3,(H2,13,14,15). The van der Waals surface area contributed by atoms with Crippen LogP contribution in [-0.4, -0.2) is 39.3 Å². The molecule has 1 saturated carbocycles. The molecule has 1 fully saturated rings. The smallest absolute Gasteiger partial charge is 0.191 e. The van der Waals surface area contributed by atoms with Crippen LogP contribution in [0.5, 0.6) is 0 Å². The molecule has 2 atom stereocenters. The normalized spacial score (nSPS) is 24.3. The first kappa shape index (κ1) is 13.3. The second-order valence-corrected chi connectivity index (χ2v) is 4.52. The number of hydrogen-bond donors (Lipinski definition) is 2. The molecule has 2 unspecified atom stereocenters. The van der Waals surface area contributed by atoms with Crippen LogP contribution >= 0.6 is 0 Å². The van der Waals surface area contributed by atoms with Crippen molar-refractivity contribution in [1.82, 2.24) is 10.6 Å². The van der Waals surface area contributed by atoms with Crippen molar-refractivity contribution in [3.63, 3.8) is 0 Å². The molecule has 0 heterocycles.